The number of rotatable bonds is 8. The Morgan fingerprint density at radius 1 is 1.14 bits per heavy atom. The number of nitrogens with one attached hydrogen (secondary N) is 3. The molecule has 6 heteroatoms. The summed E-state index contributed by atoms with van der Waals surface area (Å²) in [4.78, 5) is 22.7. The summed E-state index contributed by atoms with van der Waals surface area (Å²) in [5, 5.41) is 8.72. The van der Waals surface area contributed by atoms with Gasteiger partial charge in [0.2, 0.25) is 11.8 Å². The van der Waals surface area contributed by atoms with E-state index in [1.54, 1.807) is 0 Å². The molecule has 6 nitrogen and oxygen atoms in total. The van der Waals surface area contributed by atoms with Crippen LogP contribution in [0.25, 0.3) is 0 Å². The van der Waals surface area contributed by atoms with Gasteiger partial charge in [0, 0.05) is 18.1 Å². The fraction of sp³-hybridized carbons (Fsp3) is 0.500. The molecule has 5 N–H and O–H groups in total. The van der Waals surface area contributed by atoms with Crippen molar-refractivity contribution in [3.05, 3.63) is 35.9 Å². The zero-order valence-corrected chi connectivity index (χ0v) is 13.5. The van der Waals surface area contributed by atoms with Gasteiger partial charge in [0.25, 0.3) is 0 Å². The molecule has 0 radical (unpaired) electrons. The molecule has 0 spiro atoms. The Hall–Kier alpha value is -1.92. The summed E-state index contributed by atoms with van der Waals surface area (Å²) >= 11 is 0. The van der Waals surface area contributed by atoms with Gasteiger partial charge in [-0.1, -0.05) is 30.3 Å². The van der Waals surface area contributed by atoms with Gasteiger partial charge in [-0.15, -0.1) is 0 Å². The number of nitrogens with two attached hydrogens (primary N) is 1. The third-order valence-corrected chi connectivity index (χ3v) is 3.27. The molecule has 1 unspecified atom stereocenters. The first-order valence-corrected chi connectivity index (χ1v) is 7.40. The van der Waals surface area contributed by atoms with E-state index in [1.807, 2.05) is 32.0 Å². The maximum absolute atomic E-state index is 11.7. The van der Waals surface area contributed by atoms with Crippen molar-refractivity contribution in [2.75, 3.05) is 19.6 Å². The van der Waals surface area contributed by atoms with Crippen LogP contribution in [0.3, 0.4) is 0 Å². The molecule has 0 aliphatic rings. The molecule has 0 saturated carbocycles. The molecule has 0 aromatic heterocycles. The Labute approximate surface area is 131 Å². The second kappa shape index (κ2) is 8.51. The van der Waals surface area contributed by atoms with E-state index in [0.29, 0.717) is 6.54 Å². The monoisotopic (exact) mass is 306 g/mol. The molecule has 1 rings (SSSR count). The van der Waals surface area contributed by atoms with Gasteiger partial charge in [-0.25, -0.2) is 0 Å². The lowest BCUT2D eigenvalue weighted by atomic mass is 10.0. The van der Waals surface area contributed by atoms with Gasteiger partial charge in [-0.3, -0.25) is 9.59 Å². The van der Waals surface area contributed by atoms with Crippen LogP contribution in [0.4, 0.5) is 0 Å². The third kappa shape index (κ3) is 6.69. The summed E-state index contributed by atoms with van der Waals surface area (Å²) in [7, 11) is 0. The van der Waals surface area contributed by atoms with Crippen molar-refractivity contribution in [2.45, 2.75) is 32.4 Å². The molecular weight excluding hydrogens is 280 g/mol. The molecule has 1 atom stereocenters. The average molecular weight is 306 g/mol. The first-order chi connectivity index (χ1) is 10.3. The number of amides is 2. The Balaban J connectivity index is 2.40. The highest BCUT2D eigenvalue weighted by molar-refractivity contribution is 5.85. The van der Waals surface area contributed by atoms with Gasteiger partial charge >= 0.3 is 0 Å². The fourth-order valence-electron chi connectivity index (χ4n) is 2.10. The smallest absolute Gasteiger partial charge is 0.239 e. The van der Waals surface area contributed by atoms with Gasteiger partial charge in [0.15, 0.2) is 0 Å². The first kappa shape index (κ1) is 18.1. The molecule has 1 aromatic carbocycles. The average Bonchev–Trinajstić information content (AvgIpc) is 2.51. The zero-order valence-electron chi connectivity index (χ0n) is 13.5. The number of hydrogen-bond acceptors (Lipinski definition) is 4. The van der Waals surface area contributed by atoms with Crippen molar-refractivity contribution < 1.29 is 9.59 Å². The molecule has 0 aliphatic heterocycles. The molecule has 122 valence electrons. The Morgan fingerprint density at radius 3 is 2.36 bits per heavy atom. The van der Waals surface area contributed by atoms with Crippen molar-refractivity contribution in [1.82, 2.24) is 16.0 Å². The lowest BCUT2D eigenvalue weighted by Gasteiger charge is -2.31. The van der Waals surface area contributed by atoms with Gasteiger partial charge in [0.1, 0.15) is 0 Å². The Kier molecular flexibility index (Phi) is 7.01. The minimum Gasteiger partial charge on any atom is -0.353 e. The third-order valence-electron chi connectivity index (χ3n) is 3.27. The lowest BCUT2D eigenvalue weighted by Crippen LogP contribution is -2.51. The number of hydrogen-bond donors (Lipinski definition) is 4. The van der Waals surface area contributed by atoms with Gasteiger partial charge in [-0.2, -0.15) is 0 Å². The van der Waals surface area contributed by atoms with E-state index in [0.717, 1.165) is 0 Å². The van der Waals surface area contributed by atoms with Crippen LogP contribution in [-0.2, 0) is 9.59 Å². The molecule has 0 aliphatic carbocycles. The minimum absolute atomic E-state index is 0.0552. The van der Waals surface area contributed by atoms with E-state index in [1.165, 1.54) is 5.56 Å². The summed E-state index contributed by atoms with van der Waals surface area (Å²) in [5.74, 6) is -0.575. The van der Waals surface area contributed by atoms with Crippen LogP contribution in [0, 0.1) is 0 Å². The van der Waals surface area contributed by atoms with Crippen molar-refractivity contribution in [1.29, 1.82) is 0 Å². The van der Waals surface area contributed by atoms with Crippen molar-refractivity contribution in [3.8, 4) is 0 Å². The molecule has 1 aromatic rings. The first-order valence-electron chi connectivity index (χ1n) is 7.40. The Morgan fingerprint density at radius 2 is 1.77 bits per heavy atom. The maximum atomic E-state index is 11.7. The van der Waals surface area contributed by atoms with Crippen molar-refractivity contribution in [3.63, 3.8) is 0 Å². The number of benzene rings is 1. The van der Waals surface area contributed by atoms with E-state index in [2.05, 4.69) is 35.0 Å². The maximum Gasteiger partial charge on any atom is 0.239 e. The summed E-state index contributed by atoms with van der Waals surface area (Å²) in [6.45, 7) is 6.41. The molecule has 0 fully saturated rings. The fourth-order valence-corrected chi connectivity index (χ4v) is 2.10. The molecular formula is C16H26N4O2. The number of carbonyl (C=O) groups excluding carboxylic acids is 2. The van der Waals surface area contributed by atoms with E-state index in [9.17, 15) is 9.59 Å². The zero-order chi connectivity index (χ0) is 16.6. The predicted octanol–water partition coefficient (Wildman–Crippen LogP) is 0.307. The number of carbonyl (C=O) groups is 2. The highest BCUT2D eigenvalue weighted by Gasteiger charge is 2.21. The van der Waals surface area contributed by atoms with Crippen molar-refractivity contribution >= 4 is 11.8 Å². The van der Waals surface area contributed by atoms with Gasteiger partial charge in [-0.05, 0) is 26.3 Å². The standard InChI is InChI=1S/C16H26N4O2/c1-12(13-7-5-4-6-8-13)20-16(2,3)11-19-15(22)10-18-14(21)9-17/h4-8,12,20H,9-11,17H2,1-3H3,(H,18,21)(H,19,22). The summed E-state index contributed by atoms with van der Waals surface area (Å²) in [6.07, 6.45) is 0. The molecule has 2 amide bonds. The van der Waals surface area contributed by atoms with Crippen LogP contribution in [0.2, 0.25) is 0 Å². The normalized spacial score (nSPS) is 12.5. The van der Waals surface area contributed by atoms with Gasteiger partial charge < -0.3 is 21.7 Å². The second-order valence-corrected chi connectivity index (χ2v) is 5.92. The van der Waals surface area contributed by atoms with Crippen LogP contribution >= 0.6 is 0 Å². The van der Waals surface area contributed by atoms with Crippen molar-refractivity contribution in [2.24, 2.45) is 5.73 Å². The van der Waals surface area contributed by atoms with E-state index < -0.39 is 0 Å². The SMILES string of the molecule is CC(NC(C)(C)CNC(=O)CNC(=O)CN)c1ccccc1. The largest absolute Gasteiger partial charge is 0.353 e. The summed E-state index contributed by atoms with van der Waals surface area (Å²) in [6, 6.07) is 10.3. The quantitative estimate of drug-likeness (QED) is 0.556. The van der Waals surface area contributed by atoms with Crippen LogP contribution in [0.1, 0.15) is 32.4 Å². The molecule has 0 saturated heterocycles. The van der Waals surface area contributed by atoms with Crippen LogP contribution in [0.5, 0.6) is 0 Å². The van der Waals surface area contributed by atoms with Crippen LogP contribution in [0.15, 0.2) is 30.3 Å². The summed E-state index contributed by atoms with van der Waals surface area (Å²) in [5.41, 5.74) is 6.07. The predicted molar refractivity (Wildman–Crippen MR) is 87.1 cm³/mol. The molecule has 0 heterocycles. The Bertz CT molecular complexity index is 488. The van der Waals surface area contributed by atoms with E-state index in [4.69, 9.17) is 5.73 Å². The topological polar surface area (TPSA) is 96.2 Å². The highest BCUT2D eigenvalue weighted by Crippen LogP contribution is 2.15. The summed E-state index contributed by atoms with van der Waals surface area (Å²) < 4.78 is 0. The van der Waals surface area contributed by atoms with E-state index >= 15 is 0 Å². The highest BCUT2D eigenvalue weighted by atomic mass is 16.2. The van der Waals surface area contributed by atoms with Gasteiger partial charge in [0.05, 0.1) is 13.1 Å². The van der Waals surface area contributed by atoms with Crippen LogP contribution < -0.4 is 21.7 Å². The van der Waals surface area contributed by atoms with Crippen LogP contribution in [-0.4, -0.2) is 37.0 Å². The minimum atomic E-state index is -0.342. The van der Waals surface area contributed by atoms with E-state index in [-0.39, 0.29) is 36.5 Å². The second-order valence-electron chi connectivity index (χ2n) is 5.92. The molecule has 0 bridgehead atoms. The molecule has 22 heavy (non-hydrogen) atoms. The lowest BCUT2D eigenvalue weighted by molar-refractivity contribution is -0.125.